The average molecular weight is 334 g/mol. The fraction of sp³-hybridized carbons (Fsp3) is 0.556. The van der Waals surface area contributed by atoms with E-state index in [1.807, 2.05) is 52.8 Å². The first-order chi connectivity index (χ1) is 11.2. The molecule has 0 unspecified atom stereocenters. The molecule has 1 aromatic carbocycles. The van der Waals surface area contributed by atoms with Crippen molar-refractivity contribution in [1.82, 2.24) is 10.6 Å². The Morgan fingerprint density at radius 1 is 1.17 bits per heavy atom. The van der Waals surface area contributed by atoms with Crippen molar-refractivity contribution in [3.05, 3.63) is 23.8 Å². The fourth-order valence-electron chi connectivity index (χ4n) is 2.24. The lowest BCUT2D eigenvalue weighted by Crippen LogP contribution is -2.52. The number of carbonyl (C=O) groups excluding carboxylic acids is 2. The third-order valence-electron chi connectivity index (χ3n) is 3.82. The third-order valence-corrected chi connectivity index (χ3v) is 3.82. The number of hydrogen-bond acceptors (Lipinski definition) is 4. The van der Waals surface area contributed by atoms with Crippen molar-refractivity contribution in [2.45, 2.75) is 47.2 Å². The smallest absolute Gasteiger partial charge is 0.243 e. The standard InChI is InChI=1S/C18H26N2O4/c1-11(2)15(20-17(22)18(3,4)5)16(21)19-9-12-6-7-13-14(8-12)24-10-23-13/h6-8,11,15H,9-10H2,1-5H3,(H,19,21)(H,20,22)/t15-/m0/s1. The van der Waals surface area contributed by atoms with Crippen molar-refractivity contribution < 1.29 is 19.1 Å². The highest BCUT2D eigenvalue weighted by Gasteiger charge is 2.29. The summed E-state index contributed by atoms with van der Waals surface area (Å²) in [6.45, 7) is 9.88. The van der Waals surface area contributed by atoms with Gasteiger partial charge in [-0.1, -0.05) is 40.7 Å². The summed E-state index contributed by atoms with van der Waals surface area (Å²) in [5.74, 6) is 1.05. The summed E-state index contributed by atoms with van der Waals surface area (Å²) in [5, 5.41) is 5.72. The Kier molecular flexibility index (Phi) is 5.36. The number of ether oxygens (including phenoxy) is 2. The van der Waals surface area contributed by atoms with Gasteiger partial charge < -0.3 is 20.1 Å². The highest BCUT2D eigenvalue weighted by Crippen LogP contribution is 2.32. The fourth-order valence-corrected chi connectivity index (χ4v) is 2.24. The third kappa shape index (κ3) is 4.40. The van der Waals surface area contributed by atoms with Crippen LogP contribution in [0.2, 0.25) is 0 Å². The maximum absolute atomic E-state index is 12.5. The van der Waals surface area contributed by atoms with Crippen LogP contribution in [0.15, 0.2) is 18.2 Å². The summed E-state index contributed by atoms with van der Waals surface area (Å²) in [4.78, 5) is 24.6. The average Bonchev–Trinajstić information content (AvgIpc) is 2.96. The zero-order chi connectivity index (χ0) is 17.9. The molecule has 1 aliphatic heterocycles. The van der Waals surface area contributed by atoms with E-state index in [1.165, 1.54) is 0 Å². The second-order valence-corrected chi connectivity index (χ2v) is 7.35. The van der Waals surface area contributed by atoms with E-state index in [1.54, 1.807) is 0 Å². The van der Waals surface area contributed by atoms with Gasteiger partial charge >= 0.3 is 0 Å². The van der Waals surface area contributed by atoms with Gasteiger partial charge in [-0.2, -0.15) is 0 Å². The van der Waals surface area contributed by atoms with Crippen molar-refractivity contribution in [1.29, 1.82) is 0 Å². The molecule has 6 heteroatoms. The topological polar surface area (TPSA) is 76.7 Å². The van der Waals surface area contributed by atoms with E-state index in [4.69, 9.17) is 9.47 Å². The second kappa shape index (κ2) is 7.11. The normalized spacial score (nSPS) is 14.4. The molecular formula is C18H26N2O4. The number of benzene rings is 1. The molecule has 0 fully saturated rings. The molecule has 0 saturated carbocycles. The lowest BCUT2D eigenvalue weighted by molar-refractivity contribution is -0.134. The Morgan fingerprint density at radius 3 is 2.46 bits per heavy atom. The predicted molar refractivity (Wildman–Crippen MR) is 90.6 cm³/mol. The Bertz CT molecular complexity index is 620. The van der Waals surface area contributed by atoms with Crippen LogP contribution in [-0.2, 0) is 16.1 Å². The first kappa shape index (κ1) is 18.1. The maximum Gasteiger partial charge on any atom is 0.243 e. The van der Waals surface area contributed by atoms with Gasteiger partial charge in [0.25, 0.3) is 0 Å². The van der Waals surface area contributed by atoms with Gasteiger partial charge in [0.2, 0.25) is 18.6 Å². The van der Waals surface area contributed by atoms with Gasteiger partial charge in [-0.15, -0.1) is 0 Å². The van der Waals surface area contributed by atoms with Crippen molar-refractivity contribution in [2.75, 3.05) is 6.79 Å². The van der Waals surface area contributed by atoms with E-state index >= 15 is 0 Å². The number of hydrogen-bond donors (Lipinski definition) is 2. The zero-order valence-corrected chi connectivity index (χ0v) is 14.9. The van der Waals surface area contributed by atoms with Crippen LogP contribution in [0.1, 0.15) is 40.2 Å². The molecule has 1 aromatic rings. The minimum absolute atomic E-state index is 0.00643. The second-order valence-electron chi connectivity index (χ2n) is 7.35. The molecule has 0 aliphatic carbocycles. The molecule has 0 bridgehead atoms. The lowest BCUT2D eigenvalue weighted by Gasteiger charge is -2.26. The number of fused-ring (bicyclic) bond motifs is 1. The first-order valence-corrected chi connectivity index (χ1v) is 8.15. The largest absolute Gasteiger partial charge is 0.454 e. The minimum Gasteiger partial charge on any atom is -0.454 e. The minimum atomic E-state index is -0.564. The molecule has 0 radical (unpaired) electrons. The van der Waals surface area contributed by atoms with E-state index in [2.05, 4.69) is 10.6 Å². The quantitative estimate of drug-likeness (QED) is 0.866. The summed E-state index contributed by atoms with van der Waals surface area (Å²) in [7, 11) is 0. The van der Waals surface area contributed by atoms with Crippen LogP contribution in [0, 0.1) is 11.3 Å². The molecule has 0 aromatic heterocycles. The summed E-state index contributed by atoms with van der Waals surface area (Å²) in [6, 6.07) is 4.99. The Morgan fingerprint density at radius 2 is 1.83 bits per heavy atom. The Balaban J connectivity index is 1.97. The molecule has 6 nitrogen and oxygen atoms in total. The molecule has 0 spiro atoms. The summed E-state index contributed by atoms with van der Waals surface area (Å²) >= 11 is 0. The molecule has 2 N–H and O–H groups in total. The van der Waals surface area contributed by atoms with Gasteiger partial charge in [0, 0.05) is 12.0 Å². The summed E-state index contributed by atoms with van der Waals surface area (Å²) in [5.41, 5.74) is 0.377. The predicted octanol–water partition coefficient (Wildman–Crippen LogP) is 2.22. The van der Waals surface area contributed by atoms with Crippen LogP contribution in [0.4, 0.5) is 0 Å². The van der Waals surface area contributed by atoms with Crippen molar-refractivity contribution in [3.63, 3.8) is 0 Å². The lowest BCUT2D eigenvalue weighted by atomic mass is 9.93. The van der Waals surface area contributed by atoms with E-state index in [0.29, 0.717) is 18.0 Å². The Labute approximate surface area is 142 Å². The van der Waals surface area contributed by atoms with Crippen LogP contribution in [0.5, 0.6) is 11.5 Å². The zero-order valence-electron chi connectivity index (χ0n) is 14.9. The van der Waals surface area contributed by atoms with Crippen LogP contribution in [0.3, 0.4) is 0 Å². The summed E-state index contributed by atoms with van der Waals surface area (Å²) in [6.07, 6.45) is 0. The molecule has 2 rings (SSSR count). The van der Waals surface area contributed by atoms with Crippen molar-refractivity contribution >= 4 is 11.8 Å². The summed E-state index contributed by atoms with van der Waals surface area (Å²) < 4.78 is 10.6. The van der Waals surface area contributed by atoms with E-state index in [9.17, 15) is 9.59 Å². The number of amides is 2. The van der Waals surface area contributed by atoms with Crippen LogP contribution < -0.4 is 20.1 Å². The molecule has 24 heavy (non-hydrogen) atoms. The highest BCUT2D eigenvalue weighted by molar-refractivity contribution is 5.89. The maximum atomic E-state index is 12.5. The van der Waals surface area contributed by atoms with E-state index in [-0.39, 0.29) is 24.5 Å². The molecule has 1 atom stereocenters. The van der Waals surface area contributed by atoms with Gasteiger partial charge in [-0.3, -0.25) is 9.59 Å². The van der Waals surface area contributed by atoms with Gasteiger partial charge in [0.15, 0.2) is 11.5 Å². The number of nitrogens with one attached hydrogen (secondary N) is 2. The molecular weight excluding hydrogens is 308 g/mol. The molecule has 1 aliphatic rings. The molecule has 132 valence electrons. The molecule has 2 amide bonds. The van der Waals surface area contributed by atoms with E-state index in [0.717, 1.165) is 5.56 Å². The van der Waals surface area contributed by atoms with Crippen molar-refractivity contribution in [2.24, 2.45) is 11.3 Å². The van der Waals surface area contributed by atoms with Gasteiger partial charge in [0.1, 0.15) is 6.04 Å². The number of rotatable bonds is 5. The molecule has 0 saturated heterocycles. The van der Waals surface area contributed by atoms with Gasteiger partial charge in [-0.25, -0.2) is 0 Å². The Hall–Kier alpha value is -2.24. The van der Waals surface area contributed by atoms with Gasteiger partial charge in [0.05, 0.1) is 0 Å². The van der Waals surface area contributed by atoms with E-state index < -0.39 is 11.5 Å². The molecule has 1 heterocycles. The van der Waals surface area contributed by atoms with Gasteiger partial charge in [-0.05, 0) is 23.6 Å². The number of carbonyl (C=O) groups is 2. The first-order valence-electron chi connectivity index (χ1n) is 8.15. The highest BCUT2D eigenvalue weighted by atomic mass is 16.7. The van der Waals surface area contributed by atoms with Crippen LogP contribution in [0.25, 0.3) is 0 Å². The SMILES string of the molecule is CC(C)[C@H](NC(=O)C(C)(C)C)C(=O)NCc1ccc2c(c1)OCO2. The van der Waals surface area contributed by atoms with Crippen molar-refractivity contribution in [3.8, 4) is 11.5 Å². The van der Waals surface area contributed by atoms with Crippen LogP contribution in [-0.4, -0.2) is 24.6 Å². The monoisotopic (exact) mass is 334 g/mol. The van der Waals surface area contributed by atoms with Crippen LogP contribution >= 0.6 is 0 Å².